The SMILES string of the molecule is C=Cc1ccc(C(=O)Nc2ccccc2OCOCC)cc1. The summed E-state index contributed by atoms with van der Waals surface area (Å²) < 4.78 is 10.7. The summed E-state index contributed by atoms with van der Waals surface area (Å²) in [4.78, 5) is 12.3. The number of nitrogens with one attached hydrogen (secondary N) is 1. The van der Waals surface area contributed by atoms with Crippen molar-refractivity contribution in [3.05, 3.63) is 66.2 Å². The van der Waals surface area contributed by atoms with Gasteiger partial charge in [0, 0.05) is 12.2 Å². The van der Waals surface area contributed by atoms with E-state index in [4.69, 9.17) is 9.47 Å². The van der Waals surface area contributed by atoms with Crippen molar-refractivity contribution < 1.29 is 14.3 Å². The molecule has 0 heterocycles. The molecule has 114 valence electrons. The topological polar surface area (TPSA) is 47.6 Å². The molecule has 0 spiro atoms. The molecule has 1 N–H and O–H groups in total. The average Bonchev–Trinajstić information content (AvgIpc) is 2.56. The monoisotopic (exact) mass is 297 g/mol. The van der Waals surface area contributed by atoms with Gasteiger partial charge >= 0.3 is 0 Å². The van der Waals surface area contributed by atoms with E-state index < -0.39 is 0 Å². The van der Waals surface area contributed by atoms with Gasteiger partial charge in [-0.3, -0.25) is 4.79 Å². The molecule has 0 fully saturated rings. The van der Waals surface area contributed by atoms with Crippen LogP contribution in [0.25, 0.3) is 6.08 Å². The Kier molecular flexibility index (Phi) is 5.74. The van der Waals surface area contributed by atoms with Crippen LogP contribution in [-0.4, -0.2) is 19.3 Å². The van der Waals surface area contributed by atoms with Crippen molar-refractivity contribution in [2.24, 2.45) is 0 Å². The molecule has 1 amide bonds. The van der Waals surface area contributed by atoms with Crippen molar-refractivity contribution >= 4 is 17.7 Å². The summed E-state index contributed by atoms with van der Waals surface area (Å²) in [6, 6.07) is 14.5. The van der Waals surface area contributed by atoms with Gasteiger partial charge in [0.05, 0.1) is 5.69 Å². The summed E-state index contributed by atoms with van der Waals surface area (Å²) in [7, 11) is 0. The number of benzene rings is 2. The normalized spacial score (nSPS) is 10.0. The van der Waals surface area contributed by atoms with Gasteiger partial charge in [0.15, 0.2) is 6.79 Å². The minimum absolute atomic E-state index is 0.150. The first-order valence-electron chi connectivity index (χ1n) is 7.08. The number of para-hydroxylation sites is 2. The highest BCUT2D eigenvalue weighted by molar-refractivity contribution is 6.05. The van der Waals surface area contributed by atoms with E-state index in [1.54, 1.807) is 30.3 Å². The number of ether oxygens (including phenoxy) is 2. The molecule has 2 aromatic rings. The standard InChI is InChI=1S/C18H19NO3/c1-3-14-9-11-15(12-10-14)18(20)19-16-7-5-6-8-17(16)22-13-21-4-2/h3,5-12H,1,4,13H2,2H3,(H,19,20). The number of amides is 1. The number of hydrogen-bond acceptors (Lipinski definition) is 3. The smallest absolute Gasteiger partial charge is 0.255 e. The Morgan fingerprint density at radius 1 is 1.18 bits per heavy atom. The van der Waals surface area contributed by atoms with Crippen LogP contribution in [0, 0.1) is 0 Å². The number of anilines is 1. The van der Waals surface area contributed by atoms with Crippen LogP contribution < -0.4 is 10.1 Å². The van der Waals surface area contributed by atoms with Crippen LogP contribution >= 0.6 is 0 Å². The van der Waals surface area contributed by atoms with E-state index in [2.05, 4.69) is 11.9 Å². The van der Waals surface area contributed by atoms with Crippen molar-refractivity contribution in [1.29, 1.82) is 0 Å². The molecule has 2 aromatic carbocycles. The molecule has 0 saturated heterocycles. The second-order valence-corrected chi connectivity index (χ2v) is 4.53. The van der Waals surface area contributed by atoms with Crippen LogP contribution in [0.1, 0.15) is 22.8 Å². The molecule has 4 nitrogen and oxygen atoms in total. The van der Waals surface area contributed by atoms with Gasteiger partial charge in [0.2, 0.25) is 0 Å². The zero-order chi connectivity index (χ0) is 15.8. The number of carbonyl (C=O) groups excluding carboxylic acids is 1. The second kappa shape index (κ2) is 8.00. The summed E-state index contributed by atoms with van der Waals surface area (Å²) in [5, 5.41) is 2.85. The highest BCUT2D eigenvalue weighted by Crippen LogP contribution is 2.24. The van der Waals surface area contributed by atoms with Gasteiger partial charge in [-0.1, -0.05) is 36.9 Å². The number of hydrogen-bond donors (Lipinski definition) is 1. The molecular weight excluding hydrogens is 278 g/mol. The van der Waals surface area contributed by atoms with Crippen LogP contribution in [0.15, 0.2) is 55.1 Å². The summed E-state index contributed by atoms with van der Waals surface area (Å²) >= 11 is 0. The van der Waals surface area contributed by atoms with Gasteiger partial charge in [0.1, 0.15) is 5.75 Å². The van der Waals surface area contributed by atoms with E-state index >= 15 is 0 Å². The molecule has 0 radical (unpaired) electrons. The van der Waals surface area contributed by atoms with Crippen LogP contribution in [0.2, 0.25) is 0 Å². The van der Waals surface area contributed by atoms with Crippen molar-refractivity contribution in [2.75, 3.05) is 18.7 Å². The maximum absolute atomic E-state index is 12.3. The average molecular weight is 297 g/mol. The Bertz CT molecular complexity index is 635. The first-order chi connectivity index (χ1) is 10.7. The van der Waals surface area contributed by atoms with Gasteiger partial charge in [-0.15, -0.1) is 0 Å². The molecule has 0 aromatic heterocycles. The van der Waals surface area contributed by atoms with Crippen molar-refractivity contribution in [1.82, 2.24) is 0 Å². The summed E-state index contributed by atoms with van der Waals surface area (Å²) in [6.07, 6.45) is 1.73. The largest absolute Gasteiger partial charge is 0.465 e. The van der Waals surface area contributed by atoms with E-state index in [9.17, 15) is 4.79 Å². The zero-order valence-electron chi connectivity index (χ0n) is 12.5. The fourth-order valence-electron chi connectivity index (χ4n) is 1.85. The predicted molar refractivity (Wildman–Crippen MR) is 88.0 cm³/mol. The van der Waals surface area contributed by atoms with Gasteiger partial charge in [-0.25, -0.2) is 0 Å². The van der Waals surface area contributed by atoms with Crippen LogP contribution in [0.4, 0.5) is 5.69 Å². The summed E-state index contributed by atoms with van der Waals surface area (Å²) in [5.41, 5.74) is 2.15. The molecule has 0 bridgehead atoms. The Balaban J connectivity index is 2.08. The summed E-state index contributed by atoms with van der Waals surface area (Å²) in [6.45, 7) is 6.31. The Morgan fingerprint density at radius 2 is 1.91 bits per heavy atom. The molecule has 0 aliphatic heterocycles. The van der Waals surface area contributed by atoms with Crippen LogP contribution in [-0.2, 0) is 4.74 Å². The lowest BCUT2D eigenvalue weighted by molar-refractivity contribution is 0.0228. The lowest BCUT2D eigenvalue weighted by atomic mass is 10.1. The molecule has 22 heavy (non-hydrogen) atoms. The molecule has 0 saturated carbocycles. The Hall–Kier alpha value is -2.59. The highest BCUT2D eigenvalue weighted by atomic mass is 16.7. The maximum Gasteiger partial charge on any atom is 0.255 e. The molecular formula is C18H19NO3. The minimum atomic E-state index is -0.192. The molecule has 2 rings (SSSR count). The molecule has 4 heteroatoms. The zero-order valence-corrected chi connectivity index (χ0v) is 12.5. The maximum atomic E-state index is 12.3. The minimum Gasteiger partial charge on any atom is -0.465 e. The molecule has 0 aliphatic rings. The third kappa shape index (κ3) is 4.20. The van der Waals surface area contributed by atoms with Crippen molar-refractivity contribution in [2.45, 2.75) is 6.92 Å². The highest BCUT2D eigenvalue weighted by Gasteiger charge is 2.09. The van der Waals surface area contributed by atoms with Crippen molar-refractivity contribution in [3.8, 4) is 5.75 Å². The number of carbonyl (C=O) groups is 1. The van der Waals surface area contributed by atoms with E-state index in [-0.39, 0.29) is 12.7 Å². The van der Waals surface area contributed by atoms with E-state index in [1.807, 2.05) is 31.2 Å². The quantitative estimate of drug-likeness (QED) is 0.621. The fourth-order valence-corrected chi connectivity index (χ4v) is 1.85. The predicted octanol–water partition coefficient (Wildman–Crippen LogP) is 3.95. The molecule has 0 unspecified atom stereocenters. The third-order valence-electron chi connectivity index (χ3n) is 3.05. The van der Waals surface area contributed by atoms with Crippen LogP contribution in [0.3, 0.4) is 0 Å². The summed E-state index contributed by atoms with van der Waals surface area (Å²) in [5.74, 6) is 0.384. The van der Waals surface area contributed by atoms with Gasteiger partial charge in [-0.2, -0.15) is 0 Å². The van der Waals surface area contributed by atoms with Gasteiger partial charge in [0.25, 0.3) is 5.91 Å². The third-order valence-corrected chi connectivity index (χ3v) is 3.05. The number of rotatable bonds is 7. The van der Waals surface area contributed by atoms with Crippen molar-refractivity contribution in [3.63, 3.8) is 0 Å². The molecule has 0 aliphatic carbocycles. The van der Waals surface area contributed by atoms with Gasteiger partial charge < -0.3 is 14.8 Å². The van der Waals surface area contributed by atoms with E-state index in [0.717, 1.165) is 5.56 Å². The van der Waals surface area contributed by atoms with Crippen LogP contribution in [0.5, 0.6) is 5.75 Å². The molecule has 0 atom stereocenters. The van der Waals surface area contributed by atoms with Gasteiger partial charge in [-0.05, 0) is 36.8 Å². The Morgan fingerprint density at radius 3 is 2.59 bits per heavy atom. The van der Waals surface area contributed by atoms with E-state index in [0.29, 0.717) is 23.6 Å². The first-order valence-corrected chi connectivity index (χ1v) is 7.08. The fraction of sp³-hybridized carbons (Fsp3) is 0.167. The van der Waals surface area contributed by atoms with E-state index in [1.165, 1.54) is 0 Å². The Labute approximate surface area is 130 Å². The first kappa shape index (κ1) is 15.8. The lowest BCUT2D eigenvalue weighted by Crippen LogP contribution is -2.13. The lowest BCUT2D eigenvalue weighted by Gasteiger charge is -2.12. The second-order valence-electron chi connectivity index (χ2n) is 4.53.